The smallest absolute Gasteiger partial charge is 0.462 e. The highest BCUT2D eigenvalue weighted by molar-refractivity contribution is 7.47. The first-order valence-corrected chi connectivity index (χ1v) is 30.9. The average Bonchev–Trinajstić information content (AvgIpc) is 3.41. The van der Waals surface area contributed by atoms with Crippen molar-refractivity contribution in [3.63, 3.8) is 0 Å². The fourth-order valence-corrected chi connectivity index (χ4v) is 8.31. The zero-order valence-corrected chi connectivity index (χ0v) is 48.6. The molecule has 0 fully saturated rings. The molecule has 0 rings (SSSR count). The minimum Gasteiger partial charge on any atom is -0.462 e. The number of carbonyl (C=O) groups excluding carboxylic acids is 3. The lowest BCUT2D eigenvalue weighted by Gasteiger charge is -2.21. The van der Waals surface area contributed by atoms with Crippen LogP contribution < -0.4 is 0 Å². The van der Waals surface area contributed by atoms with Crippen LogP contribution in [0.25, 0.3) is 0 Å². The zero-order valence-electron chi connectivity index (χ0n) is 47.7. The predicted octanol–water partition coefficient (Wildman–Crippen LogP) is 17.6. The van der Waals surface area contributed by atoms with Gasteiger partial charge >= 0.3 is 25.7 Å². The standard InChI is InChI=1S/C64H105O11P/c1-4-7-10-13-16-19-22-25-28-30-33-35-38-41-44-47-50-53-62(66)71-57-61(75-64(68)55-52-49-46-43-40-37-34-31-29-26-23-20-17-14-11-8-5-2)59-73-76(69,70)72-58-60(56-65)74-63(67)54-51-48-45-42-39-36-32-27-24-21-18-15-12-9-6-3/h7,9-10,12,16,18-19,21,25,27-28,32-33,35,39,41-42,44,48,51,60-61,65H,4-6,8,11,13-15,17,20,22-24,26,29-31,34,36-38,40,43,45-47,49-50,52-59H2,1-3H3,(H,69,70)/b10-7-,12-9-,19-16-,21-18-,28-25-,32-27-,35-33-,42-39-,44-41-,51-48-. The lowest BCUT2D eigenvalue weighted by molar-refractivity contribution is -0.161. The minimum absolute atomic E-state index is 0.0636. The van der Waals surface area contributed by atoms with Crippen LogP contribution in [0.5, 0.6) is 0 Å². The number of rotatable bonds is 53. The number of allylic oxidation sites excluding steroid dienone is 19. The van der Waals surface area contributed by atoms with Gasteiger partial charge in [0.25, 0.3) is 0 Å². The highest BCUT2D eigenvalue weighted by atomic mass is 31.2. The number of aliphatic hydroxyl groups is 1. The average molecular weight is 1080 g/mol. The van der Waals surface area contributed by atoms with Crippen molar-refractivity contribution < 1.29 is 52.2 Å². The van der Waals surface area contributed by atoms with Crippen molar-refractivity contribution in [2.45, 2.75) is 238 Å². The van der Waals surface area contributed by atoms with Gasteiger partial charge in [-0.3, -0.25) is 23.4 Å². The van der Waals surface area contributed by atoms with Crippen LogP contribution >= 0.6 is 7.82 Å². The second-order valence-corrected chi connectivity index (χ2v) is 20.5. The Morgan fingerprint density at radius 3 is 1.14 bits per heavy atom. The van der Waals surface area contributed by atoms with Gasteiger partial charge in [-0.2, -0.15) is 0 Å². The molecule has 0 aliphatic rings. The maximum absolute atomic E-state index is 12.9. The van der Waals surface area contributed by atoms with Gasteiger partial charge in [0.05, 0.1) is 26.2 Å². The molecule has 0 aromatic carbocycles. The number of ether oxygens (including phenoxy) is 3. The molecular formula is C64H105O11P. The van der Waals surface area contributed by atoms with Crippen LogP contribution in [-0.2, 0) is 42.2 Å². The normalized spacial score (nSPS) is 14.2. The van der Waals surface area contributed by atoms with Crippen LogP contribution in [0.4, 0.5) is 0 Å². The van der Waals surface area contributed by atoms with Gasteiger partial charge in [-0.05, 0) is 83.5 Å². The SMILES string of the molecule is CC/C=C\C/C=C\C/C=C\C/C=C\C/C=C\CCCC(=O)OCC(COP(=O)(O)OCC(CO)OC(=O)C/C=C\C/C=C\C/C=C\C/C=C\C/C=C\CC)OC(=O)CCCCCCCCCCCCCCCCCCC. The molecule has 0 aromatic heterocycles. The molecule has 0 bridgehead atoms. The summed E-state index contributed by atoms with van der Waals surface area (Å²) in [4.78, 5) is 48.5. The number of aliphatic hydroxyl groups excluding tert-OH is 1. The molecule has 0 amide bonds. The number of hydrogen-bond donors (Lipinski definition) is 2. The third kappa shape index (κ3) is 54.7. The van der Waals surface area contributed by atoms with Crippen LogP contribution in [0.15, 0.2) is 122 Å². The van der Waals surface area contributed by atoms with Gasteiger partial charge < -0.3 is 24.2 Å². The Hall–Kier alpha value is -4.12. The molecule has 0 aliphatic carbocycles. The first kappa shape index (κ1) is 71.9. The Balaban J connectivity index is 4.88. The highest BCUT2D eigenvalue weighted by Crippen LogP contribution is 2.43. The van der Waals surface area contributed by atoms with Crippen molar-refractivity contribution in [2.75, 3.05) is 26.4 Å². The molecule has 12 heteroatoms. The van der Waals surface area contributed by atoms with E-state index in [1.807, 2.05) is 24.3 Å². The van der Waals surface area contributed by atoms with Crippen LogP contribution in [0, 0.1) is 0 Å². The Bertz CT molecular complexity index is 1740. The van der Waals surface area contributed by atoms with Crippen molar-refractivity contribution in [1.82, 2.24) is 0 Å². The first-order chi connectivity index (χ1) is 37.2. The van der Waals surface area contributed by atoms with E-state index in [0.717, 1.165) is 77.0 Å². The van der Waals surface area contributed by atoms with Crippen molar-refractivity contribution in [2.24, 2.45) is 0 Å². The lowest BCUT2D eigenvalue weighted by atomic mass is 10.0. The molecule has 0 aliphatic heterocycles. The van der Waals surface area contributed by atoms with Crippen molar-refractivity contribution in [3.05, 3.63) is 122 Å². The number of hydrogen-bond acceptors (Lipinski definition) is 10. The van der Waals surface area contributed by atoms with Crippen molar-refractivity contribution in [1.29, 1.82) is 0 Å². The molecule has 432 valence electrons. The molecule has 0 aromatic rings. The fraction of sp³-hybridized carbons (Fsp3) is 0.641. The summed E-state index contributed by atoms with van der Waals surface area (Å²) in [5, 5.41) is 9.80. The summed E-state index contributed by atoms with van der Waals surface area (Å²) in [5.74, 6) is -1.68. The van der Waals surface area contributed by atoms with Gasteiger partial charge in [-0.1, -0.05) is 245 Å². The molecule has 3 unspecified atom stereocenters. The highest BCUT2D eigenvalue weighted by Gasteiger charge is 2.28. The Labute approximate surface area is 462 Å². The molecule has 0 spiro atoms. The monoisotopic (exact) mass is 1080 g/mol. The molecule has 2 N–H and O–H groups in total. The molecular weight excluding hydrogens is 976 g/mol. The summed E-state index contributed by atoms with van der Waals surface area (Å²) in [6, 6.07) is 0. The van der Waals surface area contributed by atoms with Crippen LogP contribution in [-0.4, -0.2) is 66.5 Å². The number of phosphoric acid groups is 1. The van der Waals surface area contributed by atoms with E-state index in [4.69, 9.17) is 23.3 Å². The predicted molar refractivity (Wildman–Crippen MR) is 316 cm³/mol. The van der Waals surface area contributed by atoms with Gasteiger partial charge in [-0.15, -0.1) is 0 Å². The summed E-state index contributed by atoms with van der Waals surface area (Å²) in [6.07, 6.45) is 70.5. The summed E-state index contributed by atoms with van der Waals surface area (Å²) in [7, 11) is -4.79. The molecule has 0 radical (unpaired) electrons. The quantitative estimate of drug-likeness (QED) is 0.0197. The maximum Gasteiger partial charge on any atom is 0.472 e. The van der Waals surface area contributed by atoms with E-state index in [0.29, 0.717) is 25.7 Å². The van der Waals surface area contributed by atoms with E-state index < -0.39 is 57.8 Å². The van der Waals surface area contributed by atoms with Crippen molar-refractivity contribution >= 4 is 25.7 Å². The fourth-order valence-electron chi connectivity index (χ4n) is 7.53. The van der Waals surface area contributed by atoms with E-state index in [1.165, 1.54) is 83.5 Å². The first-order valence-electron chi connectivity index (χ1n) is 29.4. The zero-order chi connectivity index (χ0) is 55.5. The Morgan fingerprint density at radius 2 is 0.737 bits per heavy atom. The van der Waals surface area contributed by atoms with Crippen molar-refractivity contribution in [3.8, 4) is 0 Å². The molecule has 11 nitrogen and oxygen atoms in total. The van der Waals surface area contributed by atoms with E-state index in [2.05, 4.69) is 112 Å². The van der Waals surface area contributed by atoms with E-state index >= 15 is 0 Å². The number of esters is 3. The molecule has 76 heavy (non-hydrogen) atoms. The van der Waals surface area contributed by atoms with Crippen LogP contribution in [0.3, 0.4) is 0 Å². The maximum atomic E-state index is 12.9. The largest absolute Gasteiger partial charge is 0.472 e. The van der Waals surface area contributed by atoms with E-state index in [1.54, 1.807) is 6.08 Å². The third-order valence-corrected chi connectivity index (χ3v) is 12.9. The molecule has 0 heterocycles. The summed E-state index contributed by atoms with van der Waals surface area (Å²) >= 11 is 0. The van der Waals surface area contributed by atoms with Gasteiger partial charge in [-0.25, -0.2) is 4.57 Å². The Kier molecular flexibility index (Phi) is 54.0. The molecule has 3 atom stereocenters. The summed E-state index contributed by atoms with van der Waals surface area (Å²) < 4.78 is 39.4. The second-order valence-electron chi connectivity index (χ2n) is 19.1. The topological polar surface area (TPSA) is 155 Å². The van der Waals surface area contributed by atoms with E-state index in [-0.39, 0.29) is 25.9 Å². The molecule has 0 saturated carbocycles. The number of carbonyl (C=O) groups is 3. The van der Waals surface area contributed by atoms with Crippen LogP contribution in [0.2, 0.25) is 0 Å². The Morgan fingerprint density at radius 1 is 0.395 bits per heavy atom. The van der Waals surface area contributed by atoms with Gasteiger partial charge in [0.15, 0.2) is 6.10 Å². The minimum atomic E-state index is -4.79. The number of phosphoric ester groups is 1. The third-order valence-electron chi connectivity index (χ3n) is 11.9. The van der Waals surface area contributed by atoms with Crippen LogP contribution in [0.1, 0.15) is 226 Å². The van der Waals surface area contributed by atoms with Gasteiger partial charge in [0, 0.05) is 12.8 Å². The lowest BCUT2D eigenvalue weighted by Crippen LogP contribution is -2.30. The van der Waals surface area contributed by atoms with E-state index in [9.17, 15) is 28.9 Å². The number of unbranched alkanes of at least 4 members (excludes halogenated alkanes) is 17. The van der Waals surface area contributed by atoms with Gasteiger partial charge in [0.1, 0.15) is 12.7 Å². The summed E-state index contributed by atoms with van der Waals surface area (Å²) in [6.45, 7) is 4.25. The van der Waals surface area contributed by atoms with Gasteiger partial charge in [0.2, 0.25) is 0 Å². The summed E-state index contributed by atoms with van der Waals surface area (Å²) in [5.41, 5.74) is 0. The second kappa shape index (κ2) is 57.1. The molecule has 0 saturated heterocycles.